The number of aliphatic hydroxyl groups is 1. The summed E-state index contributed by atoms with van der Waals surface area (Å²) in [6, 6.07) is 8.75. The van der Waals surface area contributed by atoms with E-state index in [0.29, 0.717) is 0 Å². The molecule has 0 aromatic heterocycles. The Labute approximate surface area is 120 Å². The molecule has 3 rings (SSSR count). The van der Waals surface area contributed by atoms with Crippen molar-refractivity contribution in [3.8, 4) is 0 Å². The van der Waals surface area contributed by atoms with E-state index in [2.05, 4.69) is 34.5 Å². The second-order valence-corrected chi connectivity index (χ2v) is 5.75. The summed E-state index contributed by atoms with van der Waals surface area (Å²) in [6.45, 7) is 3.56. The van der Waals surface area contributed by atoms with Crippen LogP contribution in [0.15, 0.2) is 24.3 Å². The Morgan fingerprint density at radius 2 is 1.75 bits per heavy atom. The summed E-state index contributed by atoms with van der Waals surface area (Å²) in [6.07, 6.45) is 4.13. The van der Waals surface area contributed by atoms with Crippen LogP contribution in [0.2, 0.25) is 0 Å². The van der Waals surface area contributed by atoms with Gasteiger partial charge in [-0.1, -0.05) is 12.8 Å². The Bertz CT molecular complexity index is 415. The molecule has 110 valence electrons. The van der Waals surface area contributed by atoms with Crippen molar-refractivity contribution in [1.29, 1.82) is 0 Å². The minimum Gasteiger partial charge on any atom is -0.391 e. The van der Waals surface area contributed by atoms with Gasteiger partial charge in [0, 0.05) is 24.5 Å². The number of morpholine rings is 1. The number of anilines is 2. The molecule has 0 radical (unpaired) electrons. The average Bonchev–Trinajstić information content (AvgIpc) is 2.51. The zero-order valence-electron chi connectivity index (χ0n) is 11.9. The molecule has 4 heteroatoms. The SMILES string of the molecule is O[C@H]1CCCC[C@@H]1Nc1ccc(N2CCOCC2)cc1. The van der Waals surface area contributed by atoms with Gasteiger partial charge in [0.25, 0.3) is 0 Å². The lowest BCUT2D eigenvalue weighted by atomic mass is 9.92. The summed E-state index contributed by atoms with van der Waals surface area (Å²) < 4.78 is 5.38. The van der Waals surface area contributed by atoms with Gasteiger partial charge in [0.15, 0.2) is 0 Å². The average molecular weight is 276 g/mol. The fraction of sp³-hybridized carbons (Fsp3) is 0.625. The Balaban J connectivity index is 1.60. The highest BCUT2D eigenvalue weighted by atomic mass is 16.5. The third-order valence-electron chi connectivity index (χ3n) is 4.33. The summed E-state index contributed by atoms with van der Waals surface area (Å²) >= 11 is 0. The number of rotatable bonds is 3. The molecule has 2 fully saturated rings. The van der Waals surface area contributed by atoms with E-state index in [1.807, 2.05) is 0 Å². The molecule has 1 aromatic carbocycles. The van der Waals surface area contributed by atoms with Crippen LogP contribution in [-0.2, 0) is 4.74 Å². The van der Waals surface area contributed by atoms with Gasteiger partial charge >= 0.3 is 0 Å². The molecular formula is C16H24N2O2. The molecule has 0 unspecified atom stereocenters. The van der Waals surface area contributed by atoms with Crippen LogP contribution in [0.1, 0.15) is 25.7 Å². The van der Waals surface area contributed by atoms with E-state index < -0.39 is 0 Å². The zero-order valence-corrected chi connectivity index (χ0v) is 11.9. The number of aliphatic hydroxyl groups excluding tert-OH is 1. The Morgan fingerprint density at radius 1 is 1.05 bits per heavy atom. The van der Waals surface area contributed by atoms with Gasteiger partial charge in [-0.15, -0.1) is 0 Å². The Hall–Kier alpha value is -1.26. The van der Waals surface area contributed by atoms with Crippen molar-refractivity contribution in [2.75, 3.05) is 36.5 Å². The number of ether oxygens (including phenoxy) is 1. The predicted octanol–water partition coefficient (Wildman–Crippen LogP) is 2.24. The Morgan fingerprint density at radius 3 is 2.45 bits per heavy atom. The number of benzene rings is 1. The molecule has 4 nitrogen and oxygen atoms in total. The first-order valence-electron chi connectivity index (χ1n) is 7.70. The highest BCUT2D eigenvalue weighted by Gasteiger charge is 2.22. The molecule has 2 aliphatic rings. The van der Waals surface area contributed by atoms with E-state index >= 15 is 0 Å². The van der Waals surface area contributed by atoms with Crippen molar-refractivity contribution >= 4 is 11.4 Å². The van der Waals surface area contributed by atoms with E-state index in [-0.39, 0.29) is 12.1 Å². The van der Waals surface area contributed by atoms with Gasteiger partial charge in [0.2, 0.25) is 0 Å². The van der Waals surface area contributed by atoms with E-state index in [0.717, 1.165) is 51.3 Å². The van der Waals surface area contributed by atoms with Gasteiger partial charge in [-0.2, -0.15) is 0 Å². The van der Waals surface area contributed by atoms with Gasteiger partial charge in [-0.3, -0.25) is 0 Å². The van der Waals surface area contributed by atoms with Gasteiger partial charge in [-0.05, 0) is 37.1 Å². The number of hydrogen-bond acceptors (Lipinski definition) is 4. The largest absolute Gasteiger partial charge is 0.391 e. The summed E-state index contributed by atoms with van der Waals surface area (Å²) in [5, 5.41) is 13.5. The molecule has 1 saturated heterocycles. The number of nitrogens with one attached hydrogen (secondary N) is 1. The first-order valence-corrected chi connectivity index (χ1v) is 7.70. The fourth-order valence-corrected chi connectivity index (χ4v) is 3.08. The van der Waals surface area contributed by atoms with E-state index in [9.17, 15) is 5.11 Å². The molecule has 2 N–H and O–H groups in total. The number of nitrogens with zero attached hydrogens (tertiary/aromatic N) is 1. The van der Waals surface area contributed by atoms with E-state index in [1.165, 1.54) is 12.1 Å². The van der Waals surface area contributed by atoms with Gasteiger partial charge in [0.05, 0.1) is 25.4 Å². The summed E-state index contributed by atoms with van der Waals surface area (Å²) in [4.78, 5) is 2.35. The van der Waals surface area contributed by atoms with Crippen LogP contribution in [0.4, 0.5) is 11.4 Å². The molecule has 20 heavy (non-hydrogen) atoms. The third kappa shape index (κ3) is 3.25. The minimum atomic E-state index is -0.206. The topological polar surface area (TPSA) is 44.7 Å². The molecular weight excluding hydrogens is 252 g/mol. The van der Waals surface area contributed by atoms with Crippen LogP contribution in [-0.4, -0.2) is 43.6 Å². The van der Waals surface area contributed by atoms with Gasteiger partial charge in [-0.25, -0.2) is 0 Å². The van der Waals surface area contributed by atoms with Gasteiger partial charge in [0.1, 0.15) is 0 Å². The van der Waals surface area contributed by atoms with Crippen molar-refractivity contribution in [2.24, 2.45) is 0 Å². The Kier molecular flexibility index (Phi) is 4.43. The lowest BCUT2D eigenvalue weighted by molar-refractivity contribution is 0.116. The molecule has 1 aliphatic heterocycles. The monoisotopic (exact) mass is 276 g/mol. The van der Waals surface area contributed by atoms with Crippen molar-refractivity contribution in [1.82, 2.24) is 0 Å². The summed E-state index contributed by atoms with van der Waals surface area (Å²) in [5.74, 6) is 0. The fourth-order valence-electron chi connectivity index (χ4n) is 3.08. The molecule has 2 atom stereocenters. The zero-order chi connectivity index (χ0) is 13.8. The minimum absolute atomic E-state index is 0.206. The van der Waals surface area contributed by atoms with Gasteiger partial charge < -0.3 is 20.1 Å². The molecule has 0 spiro atoms. The quantitative estimate of drug-likeness (QED) is 0.888. The molecule has 1 saturated carbocycles. The standard InChI is InChI=1S/C16H24N2O2/c19-16-4-2-1-3-15(16)17-13-5-7-14(8-6-13)18-9-11-20-12-10-18/h5-8,15-17,19H,1-4,9-12H2/t15-,16-/m0/s1. The molecule has 1 aliphatic carbocycles. The van der Waals surface area contributed by atoms with Crippen LogP contribution >= 0.6 is 0 Å². The maximum atomic E-state index is 10.0. The predicted molar refractivity (Wildman–Crippen MR) is 81.4 cm³/mol. The second kappa shape index (κ2) is 6.46. The second-order valence-electron chi connectivity index (χ2n) is 5.75. The van der Waals surface area contributed by atoms with Crippen LogP contribution in [0.3, 0.4) is 0 Å². The van der Waals surface area contributed by atoms with Crippen LogP contribution in [0.25, 0.3) is 0 Å². The molecule has 0 amide bonds. The van der Waals surface area contributed by atoms with Crippen molar-refractivity contribution in [3.05, 3.63) is 24.3 Å². The number of hydrogen-bond donors (Lipinski definition) is 2. The van der Waals surface area contributed by atoms with E-state index in [1.54, 1.807) is 0 Å². The first-order chi connectivity index (χ1) is 9.83. The van der Waals surface area contributed by atoms with Crippen LogP contribution in [0, 0.1) is 0 Å². The highest BCUT2D eigenvalue weighted by molar-refractivity contribution is 5.55. The molecule has 0 bridgehead atoms. The maximum absolute atomic E-state index is 10.0. The maximum Gasteiger partial charge on any atom is 0.0741 e. The highest BCUT2D eigenvalue weighted by Crippen LogP contribution is 2.24. The van der Waals surface area contributed by atoms with Crippen molar-refractivity contribution in [2.45, 2.75) is 37.8 Å². The van der Waals surface area contributed by atoms with Crippen LogP contribution in [0.5, 0.6) is 0 Å². The molecule has 1 heterocycles. The lowest BCUT2D eigenvalue weighted by Crippen LogP contribution is -2.36. The van der Waals surface area contributed by atoms with Crippen molar-refractivity contribution in [3.63, 3.8) is 0 Å². The first kappa shape index (κ1) is 13.7. The van der Waals surface area contributed by atoms with Crippen LogP contribution < -0.4 is 10.2 Å². The summed E-state index contributed by atoms with van der Waals surface area (Å²) in [5.41, 5.74) is 2.36. The third-order valence-corrected chi connectivity index (χ3v) is 4.33. The van der Waals surface area contributed by atoms with E-state index in [4.69, 9.17) is 4.74 Å². The van der Waals surface area contributed by atoms with Crippen molar-refractivity contribution < 1.29 is 9.84 Å². The smallest absolute Gasteiger partial charge is 0.0741 e. The lowest BCUT2D eigenvalue weighted by Gasteiger charge is -2.30. The normalized spacial score (nSPS) is 27.4. The molecule has 1 aromatic rings. The summed E-state index contributed by atoms with van der Waals surface area (Å²) in [7, 11) is 0.